The van der Waals surface area contributed by atoms with Gasteiger partial charge in [0.2, 0.25) is 0 Å². The molecule has 26 heavy (non-hydrogen) atoms. The third-order valence-electron chi connectivity index (χ3n) is 3.84. The van der Waals surface area contributed by atoms with E-state index in [2.05, 4.69) is 4.99 Å². The van der Waals surface area contributed by atoms with E-state index < -0.39 is 5.97 Å². The Morgan fingerprint density at radius 1 is 1.19 bits per heavy atom. The predicted octanol–water partition coefficient (Wildman–Crippen LogP) is 3.51. The van der Waals surface area contributed by atoms with Crippen LogP contribution in [0.15, 0.2) is 47.5 Å². The van der Waals surface area contributed by atoms with Gasteiger partial charge < -0.3 is 9.30 Å². The molecule has 0 saturated carbocycles. The monoisotopic (exact) mass is 388 g/mol. The van der Waals surface area contributed by atoms with Crippen LogP contribution in [0.2, 0.25) is 5.02 Å². The van der Waals surface area contributed by atoms with Crippen LogP contribution in [0.3, 0.4) is 0 Å². The summed E-state index contributed by atoms with van der Waals surface area (Å²) in [4.78, 5) is 28.9. The number of aromatic nitrogens is 1. The van der Waals surface area contributed by atoms with Gasteiger partial charge in [0.1, 0.15) is 6.54 Å². The molecule has 0 aliphatic rings. The number of hydrogen-bond acceptors (Lipinski definition) is 4. The van der Waals surface area contributed by atoms with Crippen molar-refractivity contribution < 1.29 is 14.3 Å². The lowest BCUT2D eigenvalue weighted by Crippen LogP contribution is -2.22. The summed E-state index contributed by atoms with van der Waals surface area (Å²) in [5.74, 6) is -0.675. The van der Waals surface area contributed by atoms with Gasteiger partial charge in [-0.1, -0.05) is 41.1 Å². The topological polar surface area (TPSA) is 60.7 Å². The second-order valence-corrected chi connectivity index (χ2v) is 7.27. The summed E-state index contributed by atoms with van der Waals surface area (Å²) >= 11 is 7.24. The van der Waals surface area contributed by atoms with Crippen molar-refractivity contribution in [1.82, 2.24) is 4.57 Å². The van der Waals surface area contributed by atoms with Crippen molar-refractivity contribution in [2.24, 2.45) is 4.99 Å². The Labute approximate surface area is 159 Å². The molecule has 0 N–H and O–H groups in total. The smallest absolute Gasteiger partial charge is 0.325 e. The highest BCUT2D eigenvalue weighted by Gasteiger charge is 2.12. The van der Waals surface area contributed by atoms with Crippen LogP contribution in [0.25, 0.3) is 10.2 Å². The molecule has 3 rings (SSSR count). The number of thiazole rings is 1. The second-order valence-electron chi connectivity index (χ2n) is 5.83. The molecule has 0 spiro atoms. The fraction of sp³-hybridized carbons (Fsp3) is 0.211. The Morgan fingerprint density at radius 3 is 2.62 bits per heavy atom. The van der Waals surface area contributed by atoms with E-state index >= 15 is 0 Å². The third-order valence-corrected chi connectivity index (χ3v) is 5.14. The van der Waals surface area contributed by atoms with Crippen LogP contribution in [0, 0.1) is 6.92 Å². The number of esters is 1. The van der Waals surface area contributed by atoms with Crippen molar-refractivity contribution in [3.63, 3.8) is 0 Å². The zero-order valence-electron chi connectivity index (χ0n) is 14.4. The van der Waals surface area contributed by atoms with Gasteiger partial charge in [0.25, 0.3) is 5.91 Å². The molecule has 0 unspecified atom stereocenters. The number of rotatable bonds is 4. The van der Waals surface area contributed by atoms with Crippen LogP contribution in [-0.2, 0) is 27.3 Å². The zero-order chi connectivity index (χ0) is 18.7. The first-order chi connectivity index (χ1) is 12.5. The van der Waals surface area contributed by atoms with Gasteiger partial charge >= 0.3 is 5.97 Å². The van der Waals surface area contributed by atoms with Crippen molar-refractivity contribution in [3.8, 4) is 0 Å². The van der Waals surface area contributed by atoms with E-state index in [1.54, 1.807) is 28.8 Å². The van der Waals surface area contributed by atoms with Gasteiger partial charge in [-0.15, -0.1) is 0 Å². The molecule has 134 valence electrons. The summed E-state index contributed by atoms with van der Waals surface area (Å²) in [6, 6.07) is 13.0. The van der Waals surface area contributed by atoms with Gasteiger partial charge in [-0.05, 0) is 42.3 Å². The summed E-state index contributed by atoms with van der Waals surface area (Å²) in [7, 11) is 1.34. The van der Waals surface area contributed by atoms with Crippen LogP contribution in [-0.4, -0.2) is 23.6 Å². The van der Waals surface area contributed by atoms with Crippen molar-refractivity contribution in [2.45, 2.75) is 19.9 Å². The first-order valence-electron chi connectivity index (χ1n) is 7.95. The van der Waals surface area contributed by atoms with Gasteiger partial charge in [-0.25, -0.2) is 0 Å². The standard InChI is InChI=1S/C19H17ClN2O3S/c1-12-3-8-15-16(9-12)26-19(22(15)11-18(24)25-2)21-17(23)10-13-4-6-14(20)7-5-13/h3-9H,10-11H2,1-2H3. The number of benzene rings is 2. The SMILES string of the molecule is COC(=O)Cn1c(=NC(=O)Cc2ccc(Cl)cc2)sc2cc(C)ccc21. The molecule has 0 aliphatic carbocycles. The Bertz CT molecular complexity index is 1040. The minimum Gasteiger partial charge on any atom is -0.468 e. The number of halogens is 1. The number of carbonyl (C=O) groups is 2. The third kappa shape index (κ3) is 4.20. The lowest BCUT2D eigenvalue weighted by Gasteiger charge is -2.04. The highest BCUT2D eigenvalue weighted by Crippen LogP contribution is 2.19. The summed E-state index contributed by atoms with van der Waals surface area (Å²) in [5.41, 5.74) is 2.78. The molecule has 0 fully saturated rings. The Kier molecular flexibility index (Phi) is 5.54. The fourth-order valence-electron chi connectivity index (χ4n) is 2.54. The normalized spacial score (nSPS) is 11.7. The van der Waals surface area contributed by atoms with E-state index in [9.17, 15) is 9.59 Å². The van der Waals surface area contributed by atoms with Crippen LogP contribution in [0.5, 0.6) is 0 Å². The molecular weight excluding hydrogens is 372 g/mol. The first-order valence-corrected chi connectivity index (χ1v) is 9.14. The van der Waals surface area contributed by atoms with E-state index in [1.165, 1.54) is 18.4 Å². The maximum Gasteiger partial charge on any atom is 0.325 e. The van der Waals surface area contributed by atoms with Gasteiger partial charge in [-0.2, -0.15) is 4.99 Å². The number of aryl methyl sites for hydroxylation is 1. The molecule has 5 nitrogen and oxygen atoms in total. The Morgan fingerprint density at radius 2 is 1.92 bits per heavy atom. The summed E-state index contributed by atoms with van der Waals surface area (Å²) < 4.78 is 7.45. The van der Waals surface area contributed by atoms with Gasteiger partial charge in [0, 0.05) is 5.02 Å². The lowest BCUT2D eigenvalue weighted by atomic mass is 10.1. The minimum absolute atomic E-state index is 0.00657. The van der Waals surface area contributed by atoms with E-state index in [1.807, 2.05) is 25.1 Å². The van der Waals surface area contributed by atoms with Crippen LogP contribution in [0.4, 0.5) is 0 Å². The number of nitrogens with zero attached hydrogens (tertiary/aromatic N) is 2. The maximum atomic E-state index is 12.4. The second kappa shape index (κ2) is 7.85. The van der Waals surface area contributed by atoms with Crippen LogP contribution >= 0.6 is 22.9 Å². The zero-order valence-corrected chi connectivity index (χ0v) is 15.9. The minimum atomic E-state index is -0.392. The molecule has 0 aliphatic heterocycles. The van der Waals surface area contributed by atoms with E-state index in [0.29, 0.717) is 9.82 Å². The Hall–Kier alpha value is -2.44. The van der Waals surface area contributed by atoms with Crippen LogP contribution < -0.4 is 4.80 Å². The van der Waals surface area contributed by atoms with Crippen LogP contribution in [0.1, 0.15) is 11.1 Å². The van der Waals surface area contributed by atoms with Gasteiger partial charge in [0.05, 0.1) is 23.7 Å². The summed E-state index contributed by atoms with van der Waals surface area (Å²) in [6.07, 6.45) is 0.169. The van der Waals surface area contributed by atoms with Crippen molar-refractivity contribution in [3.05, 3.63) is 63.4 Å². The number of hydrogen-bond donors (Lipinski definition) is 0. The number of methoxy groups -OCH3 is 1. The van der Waals surface area contributed by atoms with Gasteiger partial charge in [-0.3, -0.25) is 9.59 Å². The highest BCUT2D eigenvalue weighted by atomic mass is 35.5. The molecule has 3 aromatic rings. The predicted molar refractivity (Wildman–Crippen MR) is 102 cm³/mol. The average molecular weight is 389 g/mol. The molecule has 1 aromatic heterocycles. The van der Waals surface area contributed by atoms with E-state index in [0.717, 1.165) is 21.3 Å². The number of carbonyl (C=O) groups excluding carboxylic acids is 2. The molecule has 1 heterocycles. The average Bonchev–Trinajstić information content (AvgIpc) is 2.93. The molecule has 0 radical (unpaired) electrons. The van der Waals surface area contributed by atoms with Crippen molar-refractivity contribution >= 4 is 45.0 Å². The number of fused-ring (bicyclic) bond motifs is 1. The van der Waals surface area contributed by atoms with E-state index in [4.69, 9.17) is 16.3 Å². The largest absolute Gasteiger partial charge is 0.468 e. The maximum absolute atomic E-state index is 12.4. The lowest BCUT2D eigenvalue weighted by molar-refractivity contribution is -0.141. The van der Waals surface area contributed by atoms with Crippen molar-refractivity contribution in [2.75, 3.05) is 7.11 Å². The quantitative estimate of drug-likeness (QED) is 0.642. The summed E-state index contributed by atoms with van der Waals surface area (Å²) in [5, 5.41) is 0.619. The Balaban J connectivity index is 2.00. The first kappa shape index (κ1) is 18.4. The number of amides is 1. The fourth-order valence-corrected chi connectivity index (χ4v) is 3.81. The molecular formula is C19H17ClN2O3S. The summed E-state index contributed by atoms with van der Waals surface area (Å²) in [6.45, 7) is 2.00. The molecule has 0 atom stereocenters. The molecule has 0 bridgehead atoms. The highest BCUT2D eigenvalue weighted by molar-refractivity contribution is 7.16. The number of ether oxygens (including phenoxy) is 1. The molecule has 2 aromatic carbocycles. The van der Waals surface area contributed by atoms with E-state index in [-0.39, 0.29) is 18.9 Å². The molecule has 7 heteroatoms. The van der Waals surface area contributed by atoms with Gasteiger partial charge in [0.15, 0.2) is 4.80 Å². The van der Waals surface area contributed by atoms with Crippen molar-refractivity contribution in [1.29, 1.82) is 0 Å². The molecule has 0 saturated heterocycles. The molecule has 1 amide bonds.